The van der Waals surface area contributed by atoms with E-state index in [9.17, 15) is 14.7 Å². The molecule has 0 saturated carbocycles. The number of rotatable bonds is 9. The molecule has 11 heteroatoms. The van der Waals surface area contributed by atoms with Crippen molar-refractivity contribution in [3.63, 3.8) is 0 Å². The predicted octanol–water partition coefficient (Wildman–Crippen LogP) is 5.29. The van der Waals surface area contributed by atoms with Gasteiger partial charge in [-0.3, -0.25) is 9.36 Å². The van der Waals surface area contributed by atoms with Crippen molar-refractivity contribution in [2.24, 2.45) is 0 Å². The van der Waals surface area contributed by atoms with Crippen LogP contribution in [0, 0.1) is 3.95 Å². The third-order valence-corrected chi connectivity index (χ3v) is 7.59. The van der Waals surface area contributed by atoms with Crippen molar-refractivity contribution < 1.29 is 29.3 Å². The molecule has 1 aliphatic rings. The highest BCUT2D eigenvalue weighted by molar-refractivity contribution is 7.73. The summed E-state index contributed by atoms with van der Waals surface area (Å²) < 4.78 is 12.5. The zero-order valence-electron chi connectivity index (χ0n) is 18.8. The number of aromatic hydroxyl groups is 1. The summed E-state index contributed by atoms with van der Waals surface area (Å²) in [5.41, 5.74) is 1.94. The Morgan fingerprint density at radius 2 is 1.94 bits per heavy atom. The van der Waals surface area contributed by atoms with Gasteiger partial charge in [-0.05, 0) is 66.9 Å². The van der Waals surface area contributed by atoms with Crippen molar-refractivity contribution in [3.05, 3.63) is 67.4 Å². The molecular formula is C24H23ClN2O6S2. The number of hydrogen-bond acceptors (Lipinski definition) is 7. The average molecular weight is 535 g/mol. The van der Waals surface area contributed by atoms with Crippen molar-refractivity contribution >= 4 is 47.2 Å². The standard InChI is InChI=1S/C24H23ClN2O6S2/c1-26-16(13-32-23(26)31)10-14-2-6-17(7-3-14)33-18-8-4-15(19(25)11-18)5-9-20-22(30)27(12-21(28)29)24(34)35-20/h2-4,6-8,11,16,30H,5,9-10,12-13H2,1H3,(H,28,29). The number of carbonyl (C=O) groups excluding carboxylic acids is 1. The smallest absolute Gasteiger partial charge is 0.409 e. The summed E-state index contributed by atoms with van der Waals surface area (Å²) >= 11 is 12.8. The number of thiazole rings is 1. The van der Waals surface area contributed by atoms with Gasteiger partial charge in [0.2, 0.25) is 5.88 Å². The first-order valence-corrected chi connectivity index (χ1v) is 12.4. The second kappa shape index (κ2) is 10.7. The summed E-state index contributed by atoms with van der Waals surface area (Å²) in [7, 11) is 1.74. The minimum absolute atomic E-state index is 0.0248. The van der Waals surface area contributed by atoms with Crippen LogP contribution in [0.3, 0.4) is 0 Å². The Labute approximate surface area is 215 Å². The van der Waals surface area contributed by atoms with Crippen molar-refractivity contribution in [1.82, 2.24) is 9.47 Å². The Hall–Kier alpha value is -3.08. The average Bonchev–Trinajstić information content (AvgIpc) is 3.27. The van der Waals surface area contributed by atoms with Gasteiger partial charge in [-0.25, -0.2) is 4.79 Å². The number of hydrogen-bond donors (Lipinski definition) is 2. The molecule has 1 unspecified atom stereocenters. The summed E-state index contributed by atoms with van der Waals surface area (Å²) in [4.78, 5) is 24.7. The van der Waals surface area contributed by atoms with E-state index in [1.807, 2.05) is 36.4 Å². The molecule has 1 aliphatic heterocycles. The molecule has 35 heavy (non-hydrogen) atoms. The first-order valence-electron chi connectivity index (χ1n) is 10.8. The van der Waals surface area contributed by atoms with E-state index in [2.05, 4.69) is 0 Å². The molecule has 0 spiro atoms. The van der Waals surface area contributed by atoms with Crippen LogP contribution in [-0.4, -0.2) is 51.4 Å². The molecular weight excluding hydrogens is 512 g/mol. The van der Waals surface area contributed by atoms with Crippen molar-refractivity contribution in [3.8, 4) is 17.4 Å². The fourth-order valence-electron chi connectivity index (χ4n) is 3.75. The molecule has 1 saturated heterocycles. The number of aliphatic carboxylic acids is 1. The van der Waals surface area contributed by atoms with Crippen molar-refractivity contribution in [2.45, 2.75) is 31.8 Å². The molecule has 1 atom stereocenters. The molecule has 8 nitrogen and oxygen atoms in total. The number of likely N-dealkylation sites (N-methyl/N-ethyl adjacent to an activating group) is 1. The van der Waals surface area contributed by atoms with Crippen LogP contribution in [0.4, 0.5) is 4.79 Å². The fourth-order valence-corrected chi connectivity index (χ4v) is 5.35. The maximum absolute atomic E-state index is 11.5. The van der Waals surface area contributed by atoms with Crippen LogP contribution < -0.4 is 4.74 Å². The quantitative estimate of drug-likeness (QED) is 0.359. The molecule has 0 bridgehead atoms. The topological polar surface area (TPSA) is 101 Å². The minimum Gasteiger partial charge on any atom is -0.494 e. The van der Waals surface area contributed by atoms with Crippen LogP contribution in [0.1, 0.15) is 16.0 Å². The number of cyclic esters (lactones) is 1. The van der Waals surface area contributed by atoms with Crippen LogP contribution in [-0.2, 0) is 35.3 Å². The fraction of sp³-hybridized carbons (Fsp3) is 0.292. The monoisotopic (exact) mass is 534 g/mol. The number of aryl methyl sites for hydroxylation is 2. The number of halogens is 1. The van der Waals surface area contributed by atoms with Crippen molar-refractivity contribution in [1.29, 1.82) is 0 Å². The largest absolute Gasteiger partial charge is 0.494 e. The van der Waals surface area contributed by atoms with Gasteiger partial charge in [-0.1, -0.05) is 29.8 Å². The van der Waals surface area contributed by atoms with Gasteiger partial charge < -0.3 is 24.6 Å². The summed E-state index contributed by atoms with van der Waals surface area (Å²) in [6.07, 6.45) is 1.42. The molecule has 2 N–H and O–H groups in total. The lowest BCUT2D eigenvalue weighted by atomic mass is 10.1. The van der Waals surface area contributed by atoms with E-state index in [4.69, 9.17) is 38.4 Å². The van der Waals surface area contributed by atoms with Crippen LogP contribution in [0.15, 0.2) is 42.5 Å². The van der Waals surface area contributed by atoms with Gasteiger partial charge in [0, 0.05) is 12.1 Å². The number of aromatic nitrogens is 1. The Morgan fingerprint density at radius 1 is 1.23 bits per heavy atom. The molecule has 184 valence electrons. The highest BCUT2D eigenvalue weighted by Crippen LogP contribution is 2.31. The number of carbonyl (C=O) groups is 2. The summed E-state index contributed by atoms with van der Waals surface area (Å²) in [6, 6.07) is 13.1. The highest BCUT2D eigenvalue weighted by atomic mass is 35.5. The Kier molecular flexibility index (Phi) is 7.63. The van der Waals surface area contributed by atoms with Gasteiger partial charge in [0.05, 0.1) is 10.9 Å². The number of carboxylic acids is 1. The van der Waals surface area contributed by atoms with Crippen LogP contribution in [0.25, 0.3) is 0 Å². The van der Waals surface area contributed by atoms with E-state index in [0.717, 1.165) is 11.1 Å². The van der Waals surface area contributed by atoms with E-state index in [-0.39, 0.29) is 24.6 Å². The minimum atomic E-state index is -1.07. The molecule has 3 aromatic rings. The lowest BCUT2D eigenvalue weighted by molar-refractivity contribution is -0.137. The number of nitrogens with zero attached hydrogens (tertiary/aromatic N) is 2. The van der Waals surface area contributed by atoms with Crippen LogP contribution >= 0.6 is 35.2 Å². The number of carboxylic acid groups (broad SMARTS) is 1. The molecule has 0 aliphatic carbocycles. The summed E-state index contributed by atoms with van der Waals surface area (Å²) in [5, 5.41) is 19.8. The van der Waals surface area contributed by atoms with Crippen molar-refractivity contribution in [2.75, 3.05) is 13.7 Å². The van der Waals surface area contributed by atoms with E-state index in [1.165, 1.54) is 15.9 Å². The number of benzene rings is 2. The van der Waals surface area contributed by atoms with Crippen LogP contribution in [0.2, 0.25) is 5.02 Å². The van der Waals surface area contributed by atoms with E-state index < -0.39 is 5.97 Å². The second-order valence-corrected chi connectivity index (χ2v) is 10.3. The zero-order valence-corrected chi connectivity index (χ0v) is 21.2. The molecule has 2 heterocycles. The number of amides is 1. The second-order valence-electron chi connectivity index (χ2n) is 8.14. The van der Waals surface area contributed by atoms with Gasteiger partial charge in [-0.15, -0.1) is 11.3 Å². The molecule has 4 rings (SSSR count). The lowest BCUT2D eigenvalue weighted by Gasteiger charge is -2.16. The van der Waals surface area contributed by atoms with E-state index in [0.29, 0.717) is 51.2 Å². The highest BCUT2D eigenvalue weighted by Gasteiger charge is 2.29. The van der Waals surface area contributed by atoms with Crippen LogP contribution in [0.5, 0.6) is 17.4 Å². The molecule has 2 aromatic carbocycles. The molecule has 0 radical (unpaired) electrons. The lowest BCUT2D eigenvalue weighted by Crippen LogP contribution is -2.30. The molecule has 1 amide bonds. The third-order valence-electron chi connectivity index (χ3n) is 5.74. The van der Waals surface area contributed by atoms with Gasteiger partial charge >= 0.3 is 12.1 Å². The summed E-state index contributed by atoms with van der Waals surface area (Å²) in [6.45, 7) is 0.0158. The zero-order chi connectivity index (χ0) is 25.1. The number of ether oxygens (including phenoxy) is 2. The first kappa shape index (κ1) is 25.0. The third kappa shape index (κ3) is 5.95. The van der Waals surface area contributed by atoms with E-state index in [1.54, 1.807) is 18.0 Å². The predicted molar refractivity (Wildman–Crippen MR) is 134 cm³/mol. The SMILES string of the molecule is CN1C(=O)OCC1Cc1ccc(Oc2ccc(CCc3sc(=S)n(CC(=O)O)c3O)c(Cl)c2)cc1. The summed E-state index contributed by atoms with van der Waals surface area (Å²) in [5.74, 6) is 0.0726. The van der Waals surface area contributed by atoms with E-state index >= 15 is 0 Å². The van der Waals surface area contributed by atoms with Gasteiger partial charge in [-0.2, -0.15) is 0 Å². The Balaban J connectivity index is 1.36. The Morgan fingerprint density at radius 3 is 2.57 bits per heavy atom. The first-order chi connectivity index (χ1) is 16.7. The molecule has 1 fully saturated rings. The van der Waals surface area contributed by atoms with Gasteiger partial charge in [0.25, 0.3) is 0 Å². The maximum Gasteiger partial charge on any atom is 0.409 e. The maximum atomic E-state index is 11.5. The normalized spacial score (nSPS) is 15.3. The Bertz CT molecular complexity index is 1300. The van der Waals surface area contributed by atoms with Gasteiger partial charge in [0.1, 0.15) is 24.7 Å². The van der Waals surface area contributed by atoms with Gasteiger partial charge in [0.15, 0.2) is 3.95 Å². The molecule has 1 aromatic heterocycles.